The maximum Gasteiger partial charge on any atom is 0.332 e. The molecule has 3 N–H and O–H groups in total. The summed E-state index contributed by atoms with van der Waals surface area (Å²) in [5.74, 6) is -1.75. The number of hydrogen-bond donors (Lipinski definition) is 3. The Labute approximate surface area is 114 Å². The largest absolute Gasteiger partial charge is 0.479 e. The number of carboxylic acids is 1. The van der Waals surface area contributed by atoms with Crippen LogP contribution in [0.1, 0.15) is 12.0 Å². The van der Waals surface area contributed by atoms with Crippen LogP contribution in [0, 0.1) is 12.7 Å². The molecule has 6 nitrogen and oxygen atoms in total. The fraction of sp³-hybridized carbons (Fsp3) is 0.385. The van der Waals surface area contributed by atoms with Gasteiger partial charge in [0.15, 0.2) is 5.54 Å². The lowest BCUT2D eigenvalue weighted by Gasteiger charge is -2.23. The number of carboxylic acid groups (broad SMARTS) is 1. The number of ether oxygens (including phenoxy) is 1. The van der Waals surface area contributed by atoms with Gasteiger partial charge in [0.1, 0.15) is 5.82 Å². The summed E-state index contributed by atoms with van der Waals surface area (Å²) >= 11 is 0. The molecule has 108 valence electrons. The summed E-state index contributed by atoms with van der Waals surface area (Å²) < 4.78 is 18.6. The van der Waals surface area contributed by atoms with Gasteiger partial charge in [-0.05, 0) is 24.6 Å². The van der Waals surface area contributed by atoms with Gasteiger partial charge < -0.3 is 20.5 Å². The first-order chi connectivity index (χ1) is 9.43. The zero-order valence-corrected chi connectivity index (χ0v) is 10.9. The molecule has 1 saturated heterocycles. The van der Waals surface area contributed by atoms with Gasteiger partial charge >= 0.3 is 12.0 Å². The second-order valence-electron chi connectivity index (χ2n) is 4.75. The van der Waals surface area contributed by atoms with Crippen molar-refractivity contribution in [2.45, 2.75) is 18.9 Å². The van der Waals surface area contributed by atoms with E-state index >= 15 is 0 Å². The molecule has 0 aliphatic carbocycles. The average molecular weight is 282 g/mol. The zero-order chi connectivity index (χ0) is 14.8. The van der Waals surface area contributed by atoms with Crippen molar-refractivity contribution in [2.75, 3.05) is 18.5 Å². The van der Waals surface area contributed by atoms with E-state index in [0.29, 0.717) is 0 Å². The summed E-state index contributed by atoms with van der Waals surface area (Å²) in [5.41, 5.74) is -0.738. The molecule has 0 saturated carbocycles. The summed E-state index contributed by atoms with van der Waals surface area (Å²) in [4.78, 5) is 23.0. The molecule has 1 atom stereocenters. The summed E-state index contributed by atoms with van der Waals surface area (Å²) in [6.45, 7) is 1.87. The van der Waals surface area contributed by atoms with Gasteiger partial charge in [0.05, 0.1) is 12.3 Å². The molecule has 7 heteroatoms. The van der Waals surface area contributed by atoms with E-state index in [2.05, 4.69) is 10.6 Å². The highest BCUT2D eigenvalue weighted by Crippen LogP contribution is 2.20. The SMILES string of the molecule is Cc1ccc(NC(=O)NC2(C(=O)O)CCOC2)c(F)c1. The molecule has 0 spiro atoms. The van der Waals surface area contributed by atoms with Crippen molar-refractivity contribution in [2.24, 2.45) is 0 Å². The number of carbonyl (C=O) groups excluding carboxylic acids is 1. The minimum atomic E-state index is -1.45. The van der Waals surface area contributed by atoms with Gasteiger partial charge in [-0.25, -0.2) is 14.0 Å². The molecule has 1 aliphatic heterocycles. The third-order valence-electron chi connectivity index (χ3n) is 3.16. The lowest BCUT2D eigenvalue weighted by atomic mass is 9.99. The normalized spacial score (nSPS) is 21.5. The standard InChI is InChI=1S/C13H15FN2O4/c1-8-2-3-10(9(14)6-8)15-12(19)16-13(11(17)18)4-5-20-7-13/h2-3,6H,4-5,7H2,1H3,(H,17,18)(H2,15,16,19). The van der Waals surface area contributed by atoms with Crippen LogP contribution in [0.15, 0.2) is 18.2 Å². The molecular formula is C13H15FN2O4. The molecule has 20 heavy (non-hydrogen) atoms. The first-order valence-corrected chi connectivity index (χ1v) is 6.09. The minimum absolute atomic E-state index is 0.00689. The molecule has 1 fully saturated rings. The van der Waals surface area contributed by atoms with Crippen molar-refractivity contribution in [1.82, 2.24) is 5.32 Å². The van der Waals surface area contributed by atoms with E-state index in [-0.39, 0.29) is 25.3 Å². The molecule has 2 rings (SSSR count). The number of amides is 2. The fourth-order valence-corrected chi connectivity index (χ4v) is 1.98. The average Bonchev–Trinajstić information content (AvgIpc) is 2.82. The Kier molecular flexibility index (Phi) is 3.89. The topological polar surface area (TPSA) is 87.7 Å². The number of urea groups is 1. The van der Waals surface area contributed by atoms with Gasteiger partial charge in [0, 0.05) is 13.0 Å². The third-order valence-corrected chi connectivity index (χ3v) is 3.16. The highest BCUT2D eigenvalue weighted by molar-refractivity contribution is 5.94. The van der Waals surface area contributed by atoms with Crippen LogP contribution in [0.5, 0.6) is 0 Å². The van der Waals surface area contributed by atoms with E-state index in [1.807, 2.05) is 0 Å². The number of aliphatic carboxylic acids is 1. The number of halogens is 1. The fourth-order valence-electron chi connectivity index (χ4n) is 1.98. The number of aryl methyl sites for hydroxylation is 1. The maximum atomic E-state index is 13.6. The van der Waals surface area contributed by atoms with Crippen LogP contribution in [-0.2, 0) is 9.53 Å². The first kappa shape index (κ1) is 14.3. The van der Waals surface area contributed by atoms with Crippen molar-refractivity contribution in [3.05, 3.63) is 29.6 Å². The summed E-state index contributed by atoms with van der Waals surface area (Å²) in [5, 5.41) is 13.8. The van der Waals surface area contributed by atoms with E-state index in [1.54, 1.807) is 13.0 Å². The van der Waals surface area contributed by atoms with E-state index in [1.165, 1.54) is 12.1 Å². The van der Waals surface area contributed by atoms with Crippen molar-refractivity contribution >= 4 is 17.7 Å². The van der Waals surface area contributed by atoms with Crippen LogP contribution in [-0.4, -0.2) is 35.9 Å². The van der Waals surface area contributed by atoms with Crippen LogP contribution in [0.25, 0.3) is 0 Å². The Bertz CT molecular complexity index is 541. The lowest BCUT2D eigenvalue weighted by Crippen LogP contribution is -2.56. The van der Waals surface area contributed by atoms with Crippen molar-refractivity contribution in [3.63, 3.8) is 0 Å². The van der Waals surface area contributed by atoms with Gasteiger partial charge in [-0.1, -0.05) is 6.07 Å². The Morgan fingerprint density at radius 3 is 2.75 bits per heavy atom. The first-order valence-electron chi connectivity index (χ1n) is 6.09. The van der Waals surface area contributed by atoms with Crippen molar-refractivity contribution < 1.29 is 23.8 Å². The molecule has 1 aliphatic rings. The van der Waals surface area contributed by atoms with E-state index in [9.17, 15) is 19.1 Å². The number of hydrogen-bond acceptors (Lipinski definition) is 3. The number of nitrogens with one attached hydrogen (secondary N) is 2. The second-order valence-corrected chi connectivity index (χ2v) is 4.75. The van der Waals surface area contributed by atoms with Gasteiger partial charge in [0.25, 0.3) is 0 Å². The monoisotopic (exact) mass is 282 g/mol. The van der Waals surface area contributed by atoms with Gasteiger partial charge in [-0.15, -0.1) is 0 Å². The smallest absolute Gasteiger partial charge is 0.332 e. The Hall–Kier alpha value is -2.15. The Morgan fingerprint density at radius 2 is 2.20 bits per heavy atom. The summed E-state index contributed by atoms with van der Waals surface area (Å²) in [6.07, 6.45) is 0.173. The molecule has 2 amide bonds. The van der Waals surface area contributed by atoms with Gasteiger partial charge in [-0.2, -0.15) is 0 Å². The van der Waals surface area contributed by atoms with Gasteiger partial charge in [0.2, 0.25) is 0 Å². The van der Waals surface area contributed by atoms with E-state index in [0.717, 1.165) is 5.56 Å². The summed E-state index contributed by atoms with van der Waals surface area (Å²) in [6, 6.07) is 3.56. The van der Waals surface area contributed by atoms with Crippen molar-refractivity contribution in [1.29, 1.82) is 0 Å². The van der Waals surface area contributed by atoms with Gasteiger partial charge in [-0.3, -0.25) is 0 Å². The van der Waals surface area contributed by atoms with Crippen molar-refractivity contribution in [3.8, 4) is 0 Å². The Balaban J connectivity index is 2.07. The molecule has 0 bridgehead atoms. The molecular weight excluding hydrogens is 267 g/mol. The zero-order valence-electron chi connectivity index (χ0n) is 10.9. The van der Waals surface area contributed by atoms with E-state index < -0.39 is 23.4 Å². The van der Waals surface area contributed by atoms with Crippen LogP contribution in [0.4, 0.5) is 14.9 Å². The van der Waals surface area contributed by atoms with Crippen LogP contribution >= 0.6 is 0 Å². The summed E-state index contributed by atoms with van der Waals surface area (Å²) in [7, 11) is 0. The van der Waals surface area contributed by atoms with Crippen LogP contribution in [0.2, 0.25) is 0 Å². The molecule has 1 unspecified atom stereocenters. The highest BCUT2D eigenvalue weighted by Gasteiger charge is 2.44. The molecule has 1 heterocycles. The van der Waals surface area contributed by atoms with E-state index in [4.69, 9.17) is 4.74 Å². The maximum absolute atomic E-state index is 13.6. The van der Waals surface area contributed by atoms with Crippen LogP contribution < -0.4 is 10.6 Å². The minimum Gasteiger partial charge on any atom is -0.479 e. The second kappa shape index (κ2) is 5.46. The highest BCUT2D eigenvalue weighted by atomic mass is 19.1. The molecule has 1 aromatic rings. The van der Waals surface area contributed by atoms with Crippen LogP contribution in [0.3, 0.4) is 0 Å². The lowest BCUT2D eigenvalue weighted by molar-refractivity contribution is -0.144. The predicted octanol–water partition coefficient (Wildman–Crippen LogP) is 1.50. The number of benzene rings is 1. The molecule has 0 radical (unpaired) electrons. The predicted molar refractivity (Wildman–Crippen MR) is 69.1 cm³/mol. The number of carbonyl (C=O) groups is 2. The number of anilines is 1. The third kappa shape index (κ3) is 2.88. The Morgan fingerprint density at radius 1 is 1.45 bits per heavy atom. The quantitative estimate of drug-likeness (QED) is 0.784. The molecule has 1 aromatic carbocycles. The number of rotatable bonds is 3. The molecule has 0 aromatic heterocycles.